The molecule has 0 radical (unpaired) electrons. The Balaban J connectivity index is 1.62. The molecule has 0 aliphatic carbocycles. The van der Waals surface area contributed by atoms with Gasteiger partial charge in [-0.05, 0) is 0 Å². The lowest BCUT2D eigenvalue weighted by molar-refractivity contribution is 0.170. The maximum absolute atomic E-state index is 9.06. The first-order valence-corrected chi connectivity index (χ1v) is 7.27. The molecule has 0 N–H and O–H groups in total. The van der Waals surface area contributed by atoms with Crippen LogP contribution >= 0.6 is 11.3 Å². The first kappa shape index (κ1) is 12.8. The van der Waals surface area contributed by atoms with Crippen LogP contribution in [0.5, 0.6) is 5.19 Å². The molecule has 0 unspecified atom stereocenters. The normalized spacial score (nSPS) is 15.8. The first-order chi connectivity index (χ1) is 9.86. The average molecular weight is 287 g/mol. The summed E-state index contributed by atoms with van der Waals surface area (Å²) in [4.78, 5) is 14.5. The van der Waals surface area contributed by atoms with Crippen molar-refractivity contribution in [1.29, 1.82) is 5.26 Å². The van der Waals surface area contributed by atoms with Gasteiger partial charge in [-0.2, -0.15) is 5.26 Å². The fourth-order valence-electron chi connectivity index (χ4n) is 2.24. The Morgan fingerprint density at radius 2 is 2.00 bits per heavy atom. The monoisotopic (exact) mass is 287 g/mol. The third-order valence-electron chi connectivity index (χ3n) is 3.20. The lowest BCUT2D eigenvalue weighted by Gasteiger charge is -2.32. The SMILES string of the molecule is N#Cc1nccnc1N1CCC(Oc2nccs2)CC1. The highest BCUT2D eigenvalue weighted by Crippen LogP contribution is 2.24. The van der Waals surface area contributed by atoms with Gasteiger partial charge in [0.2, 0.25) is 0 Å². The molecular weight excluding hydrogens is 274 g/mol. The highest BCUT2D eigenvalue weighted by molar-refractivity contribution is 7.11. The second kappa shape index (κ2) is 5.84. The van der Waals surface area contributed by atoms with E-state index in [9.17, 15) is 0 Å². The molecule has 2 aromatic heterocycles. The van der Waals surface area contributed by atoms with Crippen molar-refractivity contribution in [2.45, 2.75) is 18.9 Å². The Morgan fingerprint density at radius 1 is 1.20 bits per heavy atom. The first-order valence-electron chi connectivity index (χ1n) is 6.39. The van der Waals surface area contributed by atoms with Gasteiger partial charge >= 0.3 is 0 Å². The number of nitrogens with zero attached hydrogens (tertiary/aromatic N) is 5. The Labute approximate surface area is 120 Å². The van der Waals surface area contributed by atoms with E-state index >= 15 is 0 Å². The van der Waals surface area contributed by atoms with E-state index in [0.717, 1.165) is 31.1 Å². The van der Waals surface area contributed by atoms with Crippen LogP contribution in [-0.4, -0.2) is 34.1 Å². The van der Waals surface area contributed by atoms with Gasteiger partial charge in [0.25, 0.3) is 5.19 Å². The van der Waals surface area contributed by atoms with Crippen LogP contribution in [0.4, 0.5) is 5.82 Å². The maximum Gasteiger partial charge on any atom is 0.273 e. The van der Waals surface area contributed by atoms with E-state index < -0.39 is 0 Å². The number of nitriles is 1. The van der Waals surface area contributed by atoms with E-state index in [1.807, 2.05) is 5.38 Å². The van der Waals surface area contributed by atoms with Crippen LogP contribution in [0.1, 0.15) is 18.5 Å². The van der Waals surface area contributed by atoms with E-state index in [2.05, 4.69) is 25.9 Å². The molecule has 2 aromatic rings. The van der Waals surface area contributed by atoms with E-state index in [4.69, 9.17) is 10.00 Å². The molecular formula is C13H13N5OS. The van der Waals surface area contributed by atoms with Gasteiger partial charge in [-0.25, -0.2) is 15.0 Å². The fraction of sp³-hybridized carbons (Fsp3) is 0.385. The highest BCUT2D eigenvalue weighted by atomic mass is 32.1. The number of rotatable bonds is 3. The van der Waals surface area contributed by atoms with Crippen molar-refractivity contribution in [1.82, 2.24) is 15.0 Å². The molecule has 1 aliphatic rings. The average Bonchev–Trinajstić information content (AvgIpc) is 3.01. The highest BCUT2D eigenvalue weighted by Gasteiger charge is 2.23. The smallest absolute Gasteiger partial charge is 0.273 e. The van der Waals surface area contributed by atoms with Crippen molar-refractivity contribution in [3.05, 3.63) is 29.7 Å². The van der Waals surface area contributed by atoms with E-state index in [1.54, 1.807) is 18.6 Å². The summed E-state index contributed by atoms with van der Waals surface area (Å²) in [5.41, 5.74) is 0.381. The van der Waals surface area contributed by atoms with Crippen LogP contribution < -0.4 is 9.64 Å². The predicted octanol–water partition coefficient (Wildman–Crippen LogP) is 1.85. The Hall–Kier alpha value is -2.20. The van der Waals surface area contributed by atoms with Crippen LogP contribution in [0, 0.1) is 11.3 Å². The van der Waals surface area contributed by atoms with Crippen molar-refractivity contribution in [3.63, 3.8) is 0 Å². The number of hydrogen-bond acceptors (Lipinski definition) is 7. The largest absolute Gasteiger partial charge is 0.467 e. The second-order valence-electron chi connectivity index (χ2n) is 4.44. The zero-order chi connectivity index (χ0) is 13.8. The van der Waals surface area contributed by atoms with Crippen LogP contribution in [-0.2, 0) is 0 Å². The van der Waals surface area contributed by atoms with Gasteiger partial charge in [-0.15, -0.1) is 0 Å². The molecule has 1 aliphatic heterocycles. The minimum atomic E-state index is 0.180. The van der Waals surface area contributed by atoms with E-state index in [-0.39, 0.29) is 6.10 Å². The predicted molar refractivity (Wildman–Crippen MR) is 74.7 cm³/mol. The van der Waals surface area contributed by atoms with E-state index in [0.29, 0.717) is 11.5 Å². The second-order valence-corrected chi connectivity index (χ2v) is 5.30. The summed E-state index contributed by atoms with van der Waals surface area (Å²) in [6, 6.07) is 2.09. The molecule has 102 valence electrons. The Morgan fingerprint density at radius 3 is 2.70 bits per heavy atom. The molecule has 6 nitrogen and oxygen atoms in total. The van der Waals surface area contributed by atoms with Gasteiger partial charge in [0.1, 0.15) is 12.2 Å². The minimum Gasteiger partial charge on any atom is -0.467 e. The summed E-state index contributed by atoms with van der Waals surface area (Å²) >= 11 is 1.51. The van der Waals surface area contributed by atoms with E-state index in [1.165, 1.54) is 11.3 Å². The summed E-state index contributed by atoms with van der Waals surface area (Å²) in [6.45, 7) is 1.62. The van der Waals surface area contributed by atoms with Crippen LogP contribution in [0.3, 0.4) is 0 Å². The summed E-state index contributed by atoms with van der Waals surface area (Å²) in [5.74, 6) is 0.669. The molecule has 1 saturated heterocycles. The zero-order valence-electron chi connectivity index (χ0n) is 10.8. The van der Waals surface area contributed by atoms with Gasteiger partial charge < -0.3 is 9.64 Å². The number of aromatic nitrogens is 3. The number of anilines is 1. The molecule has 1 fully saturated rings. The summed E-state index contributed by atoms with van der Waals surface area (Å²) in [5, 5.41) is 11.7. The molecule has 20 heavy (non-hydrogen) atoms. The third kappa shape index (κ3) is 2.70. The van der Waals surface area contributed by atoms with Gasteiger partial charge in [0.15, 0.2) is 11.5 Å². The summed E-state index contributed by atoms with van der Waals surface area (Å²) < 4.78 is 5.82. The molecule has 0 amide bonds. The van der Waals surface area contributed by atoms with Gasteiger partial charge in [-0.3, -0.25) is 0 Å². The van der Waals surface area contributed by atoms with Crippen molar-refractivity contribution >= 4 is 17.2 Å². The number of ether oxygens (including phenoxy) is 1. The van der Waals surface area contributed by atoms with Crippen LogP contribution in [0.15, 0.2) is 24.0 Å². The van der Waals surface area contributed by atoms with Gasteiger partial charge in [0, 0.05) is 49.9 Å². The summed E-state index contributed by atoms with van der Waals surface area (Å²) in [6.07, 6.45) is 6.87. The fourth-order valence-corrected chi connectivity index (χ4v) is 2.79. The number of piperidine rings is 1. The topological polar surface area (TPSA) is 74.9 Å². The number of thiazole rings is 1. The molecule has 0 aromatic carbocycles. The van der Waals surface area contributed by atoms with Gasteiger partial charge in [-0.1, -0.05) is 11.3 Å². The van der Waals surface area contributed by atoms with Crippen molar-refractivity contribution in [3.8, 4) is 11.3 Å². The van der Waals surface area contributed by atoms with Crippen molar-refractivity contribution < 1.29 is 4.74 Å². The summed E-state index contributed by atoms with van der Waals surface area (Å²) in [7, 11) is 0. The van der Waals surface area contributed by atoms with Crippen molar-refractivity contribution in [2.75, 3.05) is 18.0 Å². The van der Waals surface area contributed by atoms with Crippen LogP contribution in [0.2, 0.25) is 0 Å². The number of hydrogen-bond donors (Lipinski definition) is 0. The standard InChI is InChI=1S/C13H13N5OS/c14-9-11-12(16-4-3-15-11)18-6-1-10(2-7-18)19-13-17-5-8-20-13/h3-5,8,10H,1-2,6-7H2. The third-order valence-corrected chi connectivity index (χ3v) is 3.86. The molecule has 0 spiro atoms. The quantitative estimate of drug-likeness (QED) is 0.857. The maximum atomic E-state index is 9.06. The van der Waals surface area contributed by atoms with Crippen molar-refractivity contribution in [2.24, 2.45) is 0 Å². The molecule has 0 saturated carbocycles. The minimum absolute atomic E-state index is 0.180. The zero-order valence-corrected chi connectivity index (χ0v) is 11.6. The Bertz CT molecular complexity index is 601. The molecule has 0 atom stereocenters. The lowest BCUT2D eigenvalue weighted by atomic mass is 10.1. The Kier molecular flexibility index (Phi) is 3.74. The molecule has 0 bridgehead atoms. The lowest BCUT2D eigenvalue weighted by Crippen LogP contribution is -2.39. The van der Waals surface area contributed by atoms with Gasteiger partial charge in [0.05, 0.1) is 0 Å². The molecule has 3 rings (SSSR count). The molecule has 3 heterocycles. The molecule has 7 heteroatoms. The van der Waals surface area contributed by atoms with Crippen LogP contribution in [0.25, 0.3) is 0 Å².